The Labute approximate surface area is 97.8 Å². The maximum atomic E-state index is 5.70. The van der Waals surface area contributed by atoms with Gasteiger partial charge < -0.3 is 10.6 Å². The number of hydrogen-bond donors (Lipinski definition) is 2. The number of aromatic amines is 1. The van der Waals surface area contributed by atoms with Gasteiger partial charge in [0, 0.05) is 6.42 Å². The van der Waals surface area contributed by atoms with Crippen molar-refractivity contribution in [2.45, 2.75) is 6.42 Å². The second-order valence-corrected chi connectivity index (χ2v) is 3.73. The molecule has 0 radical (unpaired) electrons. The van der Waals surface area contributed by atoms with Crippen LogP contribution in [0.1, 0.15) is 11.4 Å². The fourth-order valence-electron chi connectivity index (χ4n) is 1.39. The number of nitrogens with two attached hydrogens (primary N) is 1. The van der Waals surface area contributed by atoms with Crippen LogP contribution in [0.25, 0.3) is 0 Å². The Bertz CT molecular complexity index is 528. The Morgan fingerprint density at radius 2 is 2.12 bits per heavy atom. The van der Waals surface area contributed by atoms with E-state index in [0.717, 1.165) is 11.3 Å². The van der Waals surface area contributed by atoms with Gasteiger partial charge >= 0.3 is 0 Å². The number of ether oxygens (including phenoxy) is 1. The summed E-state index contributed by atoms with van der Waals surface area (Å²) in [6, 6.07) is 7.74. The van der Waals surface area contributed by atoms with Crippen LogP contribution in [0.2, 0.25) is 0 Å². The van der Waals surface area contributed by atoms with E-state index >= 15 is 0 Å². The smallest absolute Gasteiger partial charge is 0.214 e. The van der Waals surface area contributed by atoms with Gasteiger partial charge in [0.2, 0.25) is 4.77 Å². The van der Waals surface area contributed by atoms with Gasteiger partial charge in [-0.2, -0.15) is 5.10 Å². The Kier molecular flexibility index (Phi) is 2.91. The summed E-state index contributed by atoms with van der Waals surface area (Å²) in [5, 5.41) is 6.69. The largest absolute Gasteiger partial charge is 0.497 e. The zero-order valence-corrected chi connectivity index (χ0v) is 9.62. The van der Waals surface area contributed by atoms with Gasteiger partial charge in [-0.3, -0.25) is 5.10 Å². The van der Waals surface area contributed by atoms with E-state index in [1.54, 1.807) is 7.11 Å². The minimum atomic E-state index is 0.420. The van der Waals surface area contributed by atoms with Crippen LogP contribution in [-0.4, -0.2) is 22.0 Å². The molecule has 0 aliphatic rings. The van der Waals surface area contributed by atoms with E-state index in [9.17, 15) is 0 Å². The summed E-state index contributed by atoms with van der Waals surface area (Å²) < 4.78 is 6.87. The first-order valence-electron chi connectivity index (χ1n) is 4.75. The number of nitrogens with zero attached hydrogens (tertiary/aromatic N) is 2. The van der Waals surface area contributed by atoms with Gasteiger partial charge in [0.05, 0.1) is 7.11 Å². The summed E-state index contributed by atoms with van der Waals surface area (Å²) in [4.78, 5) is 0. The maximum absolute atomic E-state index is 5.70. The molecule has 0 unspecified atom stereocenters. The average Bonchev–Trinajstić information content (AvgIpc) is 2.62. The summed E-state index contributed by atoms with van der Waals surface area (Å²) in [5.41, 5.74) is 1.10. The van der Waals surface area contributed by atoms with Crippen LogP contribution < -0.4 is 10.6 Å². The van der Waals surface area contributed by atoms with Gasteiger partial charge in [-0.05, 0) is 29.9 Å². The summed E-state index contributed by atoms with van der Waals surface area (Å²) in [7, 11) is 1.64. The predicted molar refractivity (Wildman–Crippen MR) is 63.4 cm³/mol. The fraction of sp³-hybridized carbons (Fsp3) is 0.200. The molecule has 0 bridgehead atoms. The molecule has 1 aromatic carbocycles. The van der Waals surface area contributed by atoms with Crippen LogP contribution >= 0.6 is 12.2 Å². The average molecular weight is 236 g/mol. The van der Waals surface area contributed by atoms with Crippen LogP contribution in [0.3, 0.4) is 0 Å². The number of rotatable bonds is 3. The Balaban J connectivity index is 2.20. The van der Waals surface area contributed by atoms with Gasteiger partial charge in [0.1, 0.15) is 5.75 Å². The van der Waals surface area contributed by atoms with Gasteiger partial charge in [0.25, 0.3) is 0 Å². The van der Waals surface area contributed by atoms with Crippen LogP contribution in [0.5, 0.6) is 5.75 Å². The van der Waals surface area contributed by atoms with E-state index in [4.69, 9.17) is 22.8 Å². The fourth-order valence-corrected chi connectivity index (χ4v) is 1.54. The molecule has 0 spiro atoms. The number of methoxy groups -OCH3 is 1. The van der Waals surface area contributed by atoms with E-state index in [-0.39, 0.29) is 0 Å². The molecule has 5 nitrogen and oxygen atoms in total. The lowest BCUT2D eigenvalue weighted by molar-refractivity contribution is 0.414. The molecule has 1 aromatic heterocycles. The number of aromatic nitrogens is 3. The zero-order valence-electron chi connectivity index (χ0n) is 8.80. The van der Waals surface area contributed by atoms with Crippen LogP contribution in [0, 0.1) is 4.77 Å². The third kappa shape index (κ3) is 2.06. The molecule has 0 saturated heterocycles. The van der Waals surface area contributed by atoms with E-state index < -0.39 is 0 Å². The molecular formula is C10H12N4OS. The first kappa shape index (κ1) is 10.7. The third-order valence-electron chi connectivity index (χ3n) is 2.30. The normalized spacial score (nSPS) is 10.3. The lowest BCUT2D eigenvalue weighted by Gasteiger charge is -2.02. The molecule has 3 N–H and O–H groups in total. The highest BCUT2D eigenvalue weighted by molar-refractivity contribution is 7.71. The molecule has 2 rings (SSSR count). The van der Waals surface area contributed by atoms with Crippen LogP contribution in [0.15, 0.2) is 24.3 Å². The monoisotopic (exact) mass is 236 g/mol. The van der Waals surface area contributed by atoms with Crippen molar-refractivity contribution in [3.8, 4) is 5.75 Å². The van der Waals surface area contributed by atoms with Crippen molar-refractivity contribution < 1.29 is 4.74 Å². The van der Waals surface area contributed by atoms with E-state index in [2.05, 4.69) is 10.2 Å². The first-order valence-corrected chi connectivity index (χ1v) is 5.16. The second kappa shape index (κ2) is 4.36. The molecule has 0 atom stereocenters. The van der Waals surface area contributed by atoms with Gasteiger partial charge in [-0.1, -0.05) is 12.1 Å². The minimum Gasteiger partial charge on any atom is -0.497 e. The first-order chi connectivity index (χ1) is 7.70. The Morgan fingerprint density at radius 3 is 2.62 bits per heavy atom. The number of H-pyrrole nitrogens is 1. The maximum Gasteiger partial charge on any atom is 0.214 e. The topological polar surface area (TPSA) is 68.9 Å². The summed E-state index contributed by atoms with van der Waals surface area (Å²) >= 11 is 4.93. The van der Waals surface area contributed by atoms with Crippen molar-refractivity contribution in [3.05, 3.63) is 40.4 Å². The Hall–Kier alpha value is -1.82. The lowest BCUT2D eigenvalue weighted by Crippen LogP contribution is -2.13. The molecule has 2 aromatic rings. The zero-order chi connectivity index (χ0) is 11.5. The molecule has 6 heteroatoms. The summed E-state index contributed by atoms with van der Waals surface area (Å²) in [6.45, 7) is 0. The van der Waals surface area contributed by atoms with E-state index in [1.807, 2.05) is 24.3 Å². The minimum absolute atomic E-state index is 0.420. The standard InChI is InChI=1S/C10H12N4OS/c1-15-8-4-2-7(3-5-8)6-9-12-13-10(16)14(9)11/h2-5H,6,11H2,1H3,(H,13,16). The van der Waals surface area contributed by atoms with Crippen molar-refractivity contribution >= 4 is 12.2 Å². The molecular weight excluding hydrogens is 224 g/mol. The quantitative estimate of drug-likeness (QED) is 0.621. The number of benzene rings is 1. The second-order valence-electron chi connectivity index (χ2n) is 3.34. The highest BCUT2D eigenvalue weighted by Crippen LogP contribution is 2.13. The summed E-state index contributed by atoms with van der Waals surface area (Å²) in [6.07, 6.45) is 0.633. The molecule has 0 fully saturated rings. The van der Waals surface area contributed by atoms with Crippen molar-refractivity contribution in [2.75, 3.05) is 13.0 Å². The van der Waals surface area contributed by atoms with E-state index in [1.165, 1.54) is 4.68 Å². The molecule has 0 amide bonds. The van der Waals surface area contributed by atoms with Gasteiger partial charge in [-0.15, -0.1) is 0 Å². The highest BCUT2D eigenvalue weighted by Gasteiger charge is 2.04. The van der Waals surface area contributed by atoms with Crippen LogP contribution in [-0.2, 0) is 6.42 Å². The van der Waals surface area contributed by atoms with Crippen LogP contribution in [0.4, 0.5) is 0 Å². The Morgan fingerprint density at radius 1 is 1.44 bits per heavy atom. The molecule has 0 aliphatic carbocycles. The van der Waals surface area contributed by atoms with E-state index in [0.29, 0.717) is 17.0 Å². The molecule has 84 valence electrons. The lowest BCUT2D eigenvalue weighted by atomic mass is 10.1. The number of hydrogen-bond acceptors (Lipinski definition) is 4. The summed E-state index contributed by atoms with van der Waals surface area (Å²) in [5.74, 6) is 7.23. The third-order valence-corrected chi connectivity index (χ3v) is 2.59. The van der Waals surface area contributed by atoms with Gasteiger partial charge in [-0.25, -0.2) is 4.68 Å². The van der Waals surface area contributed by atoms with Crippen molar-refractivity contribution in [1.29, 1.82) is 0 Å². The SMILES string of the molecule is COc1ccc(Cc2n[nH]c(=S)n2N)cc1. The highest BCUT2D eigenvalue weighted by atomic mass is 32.1. The predicted octanol–water partition coefficient (Wildman–Crippen LogP) is 1.25. The van der Waals surface area contributed by atoms with Crippen molar-refractivity contribution in [2.24, 2.45) is 0 Å². The molecule has 1 heterocycles. The number of nitrogen functional groups attached to an aromatic ring is 1. The molecule has 16 heavy (non-hydrogen) atoms. The van der Waals surface area contributed by atoms with Crippen molar-refractivity contribution in [3.63, 3.8) is 0 Å². The van der Waals surface area contributed by atoms with Gasteiger partial charge in [0.15, 0.2) is 5.82 Å². The van der Waals surface area contributed by atoms with Crippen molar-refractivity contribution in [1.82, 2.24) is 14.9 Å². The molecule has 0 aliphatic heterocycles. The molecule has 0 saturated carbocycles. The number of nitrogens with one attached hydrogen (secondary N) is 1.